The quantitative estimate of drug-likeness (QED) is 0.455. The van der Waals surface area contributed by atoms with Crippen LogP contribution >= 0.6 is 0 Å². The highest BCUT2D eigenvalue weighted by Gasteiger charge is 2.27. The maximum absolute atomic E-state index is 13.8. The van der Waals surface area contributed by atoms with Crippen LogP contribution in [0, 0.1) is 12.7 Å². The van der Waals surface area contributed by atoms with E-state index in [2.05, 4.69) is 4.98 Å². The average Bonchev–Trinajstić information content (AvgIpc) is 3.23. The summed E-state index contributed by atoms with van der Waals surface area (Å²) in [6.07, 6.45) is 2.69. The van der Waals surface area contributed by atoms with Crippen molar-refractivity contribution < 1.29 is 18.7 Å². The fraction of sp³-hybridized carbons (Fsp3) is 0.208. The lowest BCUT2D eigenvalue weighted by atomic mass is 9.97. The molecule has 1 aromatic heterocycles. The maximum atomic E-state index is 13.8. The van der Waals surface area contributed by atoms with Gasteiger partial charge in [-0.3, -0.25) is 9.59 Å². The van der Waals surface area contributed by atoms with Gasteiger partial charge in [-0.15, -0.1) is 0 Å². The molecule has 0 aliphatic carbocycles. The van der Waals surface area contributed by atoms with E-state index in [-0.39, 0.29) is 17.8 Å². The molecule has 1 unspecified atom stereocenters. The second-order valence-corrected chi connectivity index (χ2v) is 7.30. The molecule has 0 bridgehead atoms. The number of rotatable bonds is 6. The van der Waals surface area contributed by atoms with Crippen molar-refractivity contribution in [1.29, 1.82) is 0 Å². The Morgan fingerprint density at radius 1 is 1.20 bits per heavy atom. The number of hydrogen-bond donors (Lipinski definition) is 0. The molecule has 1 aliphatic rings. The zero-order valence-corrected chi connectivity index (χ0v) is 16.5. The predicted octanol–water partition coefficient (Wildman–Crippen LogP) is 4.23. The molecule has 0 saturated carbocycles. The highest BCUT2D eigenvalue weighted by atomic mass is 19.1. The lowest BCUT2D eigenvalue weighted by Crippen LogP contribution is -2.26. The van der Waals surface area contributed by atoms with Crippen molar-refractivity contribution in [2.75, 3.05) is 18.0 Å². The molecule has 0 amide bonds. The highest BCUT2D eigenvalue weighted by Crippen LogP contribution is 2.28. The van der Waals surface area contributed by atoms with Crippen molar-refractivity contribution in [2.45, 2.75) is 19.4 Å². The number of hydrogen-bond acceptors (Lipinski definition) is 5. The third-order valence-electron chi connectivity index (χ3n) is 5.30. The summed E-state index contributed by atoms with van der Waals surface area (Å²) in [7, 11) is 0. The Labute approximate surface area is 174 Å². The second kappa shape index (κ2) is 8.45. The number of benzene rings is 2. The third kappa shape index (κ3) is 3.94. The molecule has 0 spiro atoms. The Morgan fingerprint density at radius 3 is 2.80 bits per heavy atom. The van der Waals surface area contributed by atoms with Crippen LogP contribution < -0.4 is 9.64 Å². The molecule has 3 aromatic rings. The molecule has 1 fully saturated rings. The van der Waals surface area contributed by atoms with Crippen LogP contribution in [0.1, 0.15) is 38.3 Å². The number of aryl methyl sites for hydroxylation is 1. The number of carbonyl (C=O) groups is 2. The summed E-state index contributed by atoms with van der Waals surface area (Å²) in [5.41, 5.74) is 3.16. The summed E-state index contributed by atoms with van der Waals surface area (Å²) in [4.78, 5) is 30.6. The van der Waals surface area contributed by atoms with Gasteiger partial charge in [0, 0.05) is 41.5 Å². The predicted molar refractivity (Wildman–Crippen MR) is 112 cm³/mol. The van der Waals surface area contributed by atoms with Crippen molar-refractivity contribution in [3.8, 4) is 5.88 Å². The second-order valence-electron chi connectivity index (χ2n) is 7.30. The van der Waals surface area contributed by atoms with E-state index in [1.54, 1.807) is 24.3 Å². The van der Waals surface area contributed by atoms with Gasteiger partial charge in [0.25, 0.3) is 5.88 Å². The van der Waals surface area contributed by atoms with E-state index >= 15 is 0 Å². The number of halogens is 1. The van der Waals surface area contributed by atoms with Crippen molar-refractivity contribution in [1.82, 2.24) is 4.98 Å². The van der Waals surface area contributed by atoms with Crippen molar-refractivity contribution in [3.05, 3.63) is 88.9 Å². The smallest absolute Gasteiger partial charge is 0.250 e. The standard InChI is InChI=1S/C24H21FN2O3/c1-16-5-2-3-6-20(16)23(29)17-8-9-22(18(13-17)15-28)27-12-10-19(14-27)30-24-21(25)7-4-11-26-24/h2-9,11,13,15,19H,10,12,14H2,1H3. The lowest BCUT2D eigenvalue weighted by Gasteiger charge is -2.21. The SMILES string of the molecule is Cc1ccccc1C(=O)c1ccc(N2CCC(Oc3ncccc3F)C2)c(C=O)c1. The molecule has 4 rings (SSSR count). The van der Waals surface area contributed by atoms with E-state index in [9.17, 15) is 14.0 Å². The molecule has 30 heavy (non-hydrogen) atoms. The van der Waals surface area contributed by atoms with Crippen LogP contribution in [0.4, 0.5) is 10.1 Å². The van der Waals surface area contributed by atoms with Crippen molar-refractivity contribution in [2.24, 2.45) is 0 Å². The van der Waals surface area contributed by atoms with Gasteiger partial charge in [0.2, 0.25) is 0 Å². The Morgan fingerprint density at radius 2 is 2.03 bits per heavy atom. The van der Waals surface area contributed by atoms with Gasteiger partial charge >= 0.3 is 0 Å². The first kappa shape index (κ1) is 19.8. The summed E-state index contributed by atoms with van der Waals surface area (Å²) >= 11 is 0. The van der Waals surface area contributed by atoms with E-state index in [1.165, 1.54) is 18.3 Å². The molecule has 0 N–H and O–H groups in total. The van der Waals surface area contributed by atoms with E-state index < -0.39 is 5.82 Å². The van der Waals surface area contributed by atoms with Crippen molar-refractivity contribution in [3.63, 3.8) is 0 Å². The number of pyridine rings is 1. The van der Waals surface area contributed by atoms with Crippen LogP contribution in [0.25, 0.3) is 0 Å². The topological polar surface area (TPSA) is 59.5 Å². The molecular formula is C24H21FN2O3. The fourth-order valence-corrected chi connectivity index (χ4v) is 3.72. The fourth-order valence-electron chi connectivity index (χ4n) is 3.72. The first-order valence-electron chi connectivity index (χ1n) is 9.78. The molecule has 0 radical (unpaired) electrons. The summed E-state index contributed by atoms with van der Waals surface area (Å²) in [6.45, 7) is 3.05. The van der Waals surface area contributed by atoms with Gasteiger partial charge in [-0.2, -0.15) is 0 Å². The number of aldehydes is 1. The minimum atomic E-state index is -0.497. The van der Waals surface area contributed by atoms with Crippen molar-refractivity contribution >= 4 is 17.8 Å². The summed E-state index contributed by atoms with van der Waals surface area (Å²) in [5.74, 6) is -0.626. The Bertz CT molecular complexity index is 1100. The van der Waals surface area contributed by atoms with Crippen LogP contribution in [0.2, 0.25) is 0 Å². The molecule has 2 aromatic carbocycles. The largest absolute Gasteiger partial charge is 0.470 e. The van der Waals surface area contributed by atoms with Crippen LogP contribution in [-0.2, 0) is 0 Å². The van der Waals surface area contributed by atoms with Gasteiger partial charge in [-0.1, -0.05) is 24.3 Å². The zero-order valence-electron chi connectivity index (χ0n) is 16.5. The molecule has 1 aliphatic heterocycles. The van der Waals surface area contributed by atoms with Crippen LogP contribution in [0.5, 0.6) is 5.88 Å². The van der Waals surface area contributed by atoms with Gasteiger partial charge in [0.1, 0.15) is 6.10 Å². The number of anilines is 1. The van der Waals surface area contributed by atoms with E-state index in [0.717, 1.165) is 17.5 Å². The highest BCUT2D eigenvalue weighted by molar-refractivity contribution is 6.10. The lowest BCUT2D eigenvalue weighted by molar-refractivity contribution is 0.103. The van der Waals surface area contributed by atoms with Gasteiger partial charge < -0.3 is 9.64 Å². The van der Waals surface area contributed by atoms with Crippen LogP contribution in [0.3, 0.4) is 0 Å². The van der Waals surface area contributed by atoms with E-state index in [4.69, 9.17) is 4.74 Å². The summed E-state index contributed by atoms with van der Waals surface area (Å²) < 4.78 is 19.5. The molecular weight excluding hydrogens is 383 g/mol. The molecule has 1 saturated heterocycles. The van der Waals surface area contributed by atoms with E-state index in [1.807, 2.05) is 30.0 Å². The number of nitrogens with zero attached hydrogens (tertiary/aromatic N) is 2. The zero-order chi connectivity index (χ0) is 21.1. The first-order chi connectivity index (χ1) is 14.6. The van der Waals surface area contributed by atoms with Crippen LogP contribution in [-0.4, -0.2) is 36.2 Å². The number of ether oxygens (including phenoxy) is 1. The van der Waals surface area contributed by atoms with Gasteiger partial charge in [-0.05, 0) is 42.8 Å². The van der Waals surface area contributed by atoms with Crippen LogP contribution in [0.15, 0.2) is 60.8 Å². The molecule has 5 nitrogen and oxygen atoms in total. The summed E-state index contributed by atoms with van der Waals surface area (Å²) in [5, 5.41) is 0. The van der Waals surface area contributed by atoms with E-state index in [0.29, 0.717) is 36.2 Å². The van der Waals surface area contributed by atoms with Gasteiger partial charge in [0.05, 0.1) is 6.54 Å². The Kier molecular flexibility index (Phi) is 5.57. The molecule has 1 atom stereocenters. The molecule has 2 heterocycles. The number of ketones is 1. The molecule has 6 heteroatoms. The minimum absolute atomic E-state index is 0.0147. The number of aromatic nitrogens is 1. The maximum Gasteiger partial charge on any atom is 0.250 e. The Hall–Kier alpha value is -3.54. The third-order valence-corrected chi connectivity index (χ3v) is 5.30. The average molecular weight is 404 g/mol. The Balaban J connectivity index is 1.53. The minimum Gasteiger partial charge on any atom is -0.470 e. The van der Waals surface area contributed by atoms with Gasteiger partial charge in [0.15, 0.2) is 17.9 Å². The first-order valence-corrected chi connectivity index (χ1v) is 9.78. The van der Waals surface area contributed by atoms with Gasteiger partial charge in [-0.25, -0.2) is 9.37 Å². The normalized spacial score (nSPS) is 15.8. The number of carbonyl (C=O) groups excluding carboxylic acids is 2. The molecule has 152 valence electrons. The summed E-state index contributed by atoms with van der Waals surface area (Å²) in [6, 6.07) is 15.4. The monoisotopic (exact) mass is 404 g/mol.